The maximum atomic E-state index is 12.2. The first-order valence-electron chi connectivity index (χ1n) is 9.74. The zero-order valence-electron chi connectivity index (χ0n) is 17.2. The standard InChI is InChI=1S/C22H31N3O2S.HI/c1-19(14-15-20-10-5-3-6-11-20)25-22(23-2)24-16-9-17-28(26,27)18-21-12-7-4-8-13-21;/h3-8,10-13,19H,9,14-18H2,1-2H3,(H2,23,24,25);1H. The zero-order valence-corrected chi connectivity index (χ0v) is 20.3. The highest BCUT2D eigenvalue weighted by molar-refractivity contribution is 14.0. The molecule has 0 aromatic heterocycles. The van der Waals surface area contributed by atoms with Gasteiger partial charge in [-0.05, 0) is 37.3 Å². The van der Waals surface area contributed by atoms with Gasteiger partial charge < -0.3 is 10.6 Å². The second kappa shape index (κ2) is 13.6. The van der Waals surface area contributed by atoms with Crippen LogP contribution >= 0.6 is 24.0 Å². The van der Waals surface area contributed by atoms with Gasteiger partial charge in [-0.1, -0.05) is 60.7 Å². The van der Waals surface area contributed by atoms with Gasteiger partial charge in [-0.3, -0.25) is 4.99 Å². The van der Waals surface area contributed by atoms with Gasteiger partial charge in [0.25, 0.3) is 0 Å². The fourth-order valence-electron chi connectivity index (χ4n) is 2.93. The summed E-state index contributed by atoms with van der Waals surface area (Å²) in [4.78, 5) is 4.23. The molecule has 0 aliphatic carbocycles. The van der Waals surface area contributed by atoms with E-state index in [0.29, 0.717) is 18.9 Å². The maximum Gasteiger partial charge on any atom is 0.191 e. The Balaban J connectivity index is 0.00000420. The predicted octanol–water partition coefficient (Wildman–Crippen LogP) is 3.80. The largest absolute Gasteiger partial charge is 0.356 e. The van der Waals surface area contributed by atoms with Crippen molar-refractivity contribution in [3.63, 3.8) is 0 Å². The van der Waals surface area contributed by atoms with Crippen molar-refractivity contribution in [3.05, 3.63) is 71.8 Å². The number of halogens is 1. The number of aliphatic imine (C=N–C) groups is 1. The molecule has 0 amide bonds. The minimum absolute atomic E-state index is 0. The van der Waals surface area contributed by atoms with Crippen molar-refractivity contribution in [3.8, 4) is 0 Å². The van der Waals surface area contributed by atoms with E-state index in [-0.39, 0.29) is 41.5 Å². The van der Waals surface area contributed by atoms with Crippen LogP contribution in [0.15, 0.2) is 65.7 Å². The van der Waals surface area contributed by atoms with Gasteiger partial charge in [-0.2, -0.15) is 0 Å². The summed E-state index contributed by atoms with van der Waals surface area (Å²) >= 11 is 0. The van der Waals surface area contributed by atoms with Gasteiger partial charge in [0, 0.05) is 19.6 Å². The fraction of sp³-hybridized carbons (Fsp3) is 0.409. The third kappa shape index (κ3) is 10.7. The Morgan fingerprint density at radius 3 is 2.17 bits per heavy atom. The molecule has 2 N–H and O–H groups in total. The van der Waals surface area contributed by atoms with Crippen molar-refractivity contribution < 1.29 is 8.42 Å². The molecule has 0 aliphatic heterocycles. The Bertz CT molecular complexity index is 828. The Hall–Kier alpha value is -1.61. The van der Waals surface area contributed by atoms with Crippen molar-refractivity contribution in [2.24, 2.45) is 4.99 Å². The summed E-state index contributed by atoms with van der Waals surface area (Å²) in [5.74, 6) is 0.966. The highest BCUT2D eigenvalue weighted by Crippen LogP contribution is 2.07. The molecule has 7 heteroatoms. The van der Waals surface area contributed by atoms with Crippen molar-refractivity contribution in [2.75, 3.05) is 19.3 Å². The molecule has 1 unspecified atom stereocenters. The molecule has 0 bridgehead atoms. The van der Waals surface area contributed by atoms with Crippen LogP contribution in [0.3, 0.4) is 0 Å². The van der Waals surface area contributed by atoms with Crippen LogP contribution < -0.4 is 10.6 Å². The molecule has 1 atom stereocenters. The van der Waals surface area contributed by atoms with Gasteiger partial charge in [0.1, 0.15) is 0 Å². The Kier molecular flexibility index (Phi) is 11.9. The monoisotopic (exact) mass is 529 g/mol. The number of nitrogens with zero attached hydrogens (tertiary/aromatic N) is 1. The molecule has 29 heavy (non-hydrogen) atoms. The molecule has 0 heterocycles. The summed E-state index contributed by atoms with van der Waals surface area (Å²) in [5.41, 5.74) is 2.16. The molecule has 2 aromatic carbocycles. The lowest BCUT2D eigenvalue weighted by Crippen LogP contribution is -2.43. The van der Waals surface area contributed by atoms with Gasteiger partial charge >= 0.3 is 0 Å². The highest BCUT2D eigenvalue weighted by Gasteiger charge is 2.12. The number of hydrogen-bond acceptors (Lipinski definition) is 3. The molecule has 2 rings (SSSR count). The molecule has 0 saturated heterocycles. The maximum absolute atomic E-state index is 12.2. The van der Waals surface area contributed by atoms with Crippen LogP contribution in [0.25, 0.3) is 0 Å². The van der Waals surface area contributed by atoms with Gasteiger partial charge in [0.05, 0.1) is 11.5 Å². The van der Waals surface area contributed by atoms with Crippen molar-refractivity contribution in [2.45, 2.75) is 38.0 Å². The van der Waals surface area contributed by atoms with E-state index in [0.717, 1.165) is 18.4 Å². The second-order valence-electron chi connectivity index (χ2n) is 7.00. The quantitative estimate of drug-likeness (QED) is 0.213. The van der Waals surface area contributed by atoms with Crippen LogP contribution in [-0.4, -0.2) is 39.8 Å². The molecule has 0 saturated carbocycles. The van der Waals surface area contributed by atoms with E-state index >= 15 is 0 Å². The summed E-state index contributed by atoms with van der Waals surface area (Å²) in [5, 5.41) is 6.57. The summed E-state index contributed by atoms with van der Waals surface area (Å²) in [6, 6.07) is 20.0. The van der Waals surface area contributed by atoms with E-state index in [1.807, 2.05) is 36.4 Å². The third-order valence-electron chi connectivity index (χ3n) is 4.47. The van der Waals surface area contributed by atoms with Crippen molar-refractivity contribution in [1.82, 2.24) is 10.6 Å². The smallest absolute Gasteiger partial charge is 0.191 e. The molecular formula is C22H32IN3O2S. The predicted molar refractivity (Wildman–Crippen MR) is 133 cm³/mol. The van der Waals surface area contributed by atoms with E-state index in [2.05, 4.69) is 46.8 Å². The first kappa shape index (κ1) is 25.4. The summed E-state index contributed by atoms with van der Waals surface area (Å²) in [6.45, 7) is 2.69. The van der Waals surface area contributed by atoms with Gasteiger partial charge in [0.2, 0.25) is 0 Å². The molecule has 0 radical (unpaired) electrons. The van der Waals surface area contributed by atoms with Crippen LogP contribution in [0.5, 0.6) is 0 Å². The van der Waals surface area contributed by atoms with Crippen molar-refractivity contribution in [1.29, 1.82) is 0 Å². The Morgan fingerprint density at radius 2 is 1.59 bits per heavy atom. The average Bonchev–Trinajstić information content (AvgIpc) is 2.70. The lowest BCUT2D eigenvalue weighted by Gasteiger charge is -2.18. The number of aryl methyl sites for hydroxylation is 1. The summed E-state index contributed by atoms with van der Waals surface area (Å²) in [6.07, 6.45) is 2.55. The Labute approximate surface area is 192 Å². The summed E-state index contributed by atoms with van der Waals surface area (Å²) < 4.78 is 24.5. The molecule has 2 aromatic rings. The number of nitrogens with one attached hydrogen (secondary N) is 2. The summed E-state index contributed by atoms with van der Waals surface area (Å²) in [7, 11) is -1.37. The number of guanidine groups is 1. The zero-order chi connectivity index (χ0) is 20.2. The van der Waals surface area contributed by atoms with Gasteiger partial charge in [0.15, 0.2) is 15.8 Å². The van der Waals surface area contributed by atoms with E-state index in [1.54, 1.807) is 7.05 Å². The molecule has 0 spiro atoms. The fourth-order valence-corrected chi connectivity index (χ4v) is 4.36. The van der Waals surface area contributed by atoms with Crippen LogP contribution in [0.1, 0.15) is 30.9 Å². The average molecular weight is 529 g/mol. The lowest BCUT2D eigenvalue weighted by atomic mass is 10.1. The van der Waals surface area contributed by atoms with E-state index in [9.17, 15) is 8.42 Å². The van der Waals surface area contributed by atoms with E-state index in [1.165, 1.54) is 5.56 Å². The van der Waals surface area contributed by atoms with Gasteiger partial charge in [-0.15, -0.1) is 24.0 Å². The molecule has 0 aliphatic rings. The molecule has 0 fully saturated rings. The first-order valence-corrected chi connectivity index (χ1v) is 11.6. The van der Waals surface area contributed by atoms with Crippen LogP contribution in [0, 0.1) is 0 Å². The van der Waals surface area contributed by atoms with E-state index in [4.69, 9.17) is 0 Å². The third-order valence-corrected chi connectivity index (χ3v) is 6.15. The number of hydrogen-bond donors (Lipinski definition) is 2. The van der Waals surface area contributed by atoms with Crippen LogP contribution in [0.2, 0.25) is 0 Å². The normalized spacial score (nSPS) is 12.7. The minimum atomic E-state index is -3.10. The minimum Gasteiger partial charge on any atom is -0.356 e. The molecule has 5 nitrogen and oxygen atoms in total. The lowest BCUT2D eigenvalue weighted by molar-refractivity contribution is 0.585. The van der Waals surface area contributed by atoms with Crippen LogP contribution in [0.4, 0.5) is 0 Å². The topological polar surface area (TPSA) is 70.6 Å². The van der Waals surface area contributed by atoms with E-state index < -0.39 is 9.84 Å². The first-order chi connectivity index (χ1) is 13.5. The molecule has 160 valence electrons. The van der Waals surface area contributed by atoms with Crippen LogP contribution in [-0.2, 0) is 22.0 Å². The Morgan fingerprint density at radius 1 is 1.00 bits per heavy atom. The molecular weight excluding hydrogens is 497 g/mol. The van der Waals surface area contributed by atoms with Crippen molar-refractivity contribution >= 4 is 39.8 Å². The second-order valence-corrected chi connectivity index (χ2v) is 9.18. The number of benzene rings is 2. The number of sulfone groups is 1. The highest BCUT2D eigenvalue weighted by atomic mass is 127. The van der Waals surface area contributed by atoms with Gasteiger partial charge in [-0.25, -0.2) is 8.42 Å². The number of rotatable bonds is 10. The SMILES string of the molecule is CN=C(NCCCS(=O)(=O)Cc1ccccc1)NC(C)CCc1ccccc1.I.